The third-order valence-electron chi connectivity index (χ3n) is 2.59. The summed E-state index contributed by atoms with van der Waals surface area (Å²) in [6.07, 6.45) is 2.15. The summed E-state index contributed by atoms with van der Waals surface area (Å²) in [5.74, 6) is -0.351. The Morgan fingerprint density at radius 3 is 2.84 bits per heavy atom. The van der Waals surface area contributed by atoms with Gasteiger partial charge in [0.25, 0.3) is 0 Å². The maximum atomic E-state index is 11.6. The Morgan fingerprint density at radius 2 is 2.26 bits per heavy atom. The molecule has 1 heterocycles. The molecule has 0 bridgehead atoms. The third kappa shape index (κ3) is 4.80. The predicted octanol–water partition coefficient (Wildman–Crippen LogP) is 3.32. The van der Waals surface area contributed by atoms with Gasteiger partial charge in [-0.1, -0.05) is 13.3 Å². The number of hydrogen-bond acceptors (Lipinski definition) is 4. The first-order valence-corrected chi connectivity index (χ1v) is 7.46. The molecule has 0 spiro atoms. The fraction of sp³-hybridized carbons (Fsp3) is 0.538. The summed E-state index contributed by atoms with van der Waals surface area (Å²) in [4.78, 5) is 12.7. The number of anilines is 1. The van der Waals surface area contributed by atoms with Crippen LogP contribution < -0.4 is 10.6 Å². The maximum absolute atomic E-state index is 11.6. The normalized spacial score (nSPS) is 11.8. The van der Waals surface area contributed by atoms with Crippen LogP contribution in [0.1, 0.15) is 41.9 Å². The van der Waals surface area contributed by atoms with Crippen molar-refractivity contribution in [3.05, 3.63) is 16.5 Å². The van der Waals surface area contributed by atoms with Crippen LogP contribution in [-0.4, -0.2) is 24.2 Å². The second-order valence-corrected chi connectivity index (χ2v) is 6.04. The number of esters is 1. The minimum absolute atomic E-state index is 0.313. The molecular formula is C13H20N2O2S2. The van der Waals surface area contributed by atoms with Gasteiger partial charge in [-0.25, -0.2) is 4.79 Å². The van der Waals surface area contributed by atoms with E-state index in [4.69, 9.17) is 17.0 Å². The number of carbonyl (C=O) groups excluding carboxylic acids is 1. The zero-order valence-corrected chi connectivity index (χ0v) is 13.3. The molecule has 0 aromatic carbocycles. The van der Waals surface area contributed by atoms with Gasteiger partial charge in [-0.05, 0) is 38.6 Å². The summed E-state index contributed by atoms with van der Waals surface area (Å²) in [5.41, 5.74) is 0.525. The Balaban J connectivity index is 2.71. The molecule has 1 atom stereocenters. The minimum Gasteiger partial charge on any atom is -0.465 e. The van der Waals surface area contributed by atoms with Crippen molar-refractivity contribution in [2.75, 3.05) is 12.4 Å². The molecule has 2 N–H and O–H groups in total. The number of methoxy groups -OCH3 is 1. The van der Waals surface area contributed by atoms with E-state index in [-0.39, 0.29) is 5.97 Å². The second-order valence-electron chi connectivity index (χ2n) is 4.38. The summed E-state index contributed by atoms with van der Waals surface area (Å²) in [7, 11) is 1.37. The van der Waals surface area contributed by atoms with Gasteiger partial charge in [-0.15, -0.1) is 11.3 Å². The van der Waals surface area contributed by atoms with Crippen molar-refractivity contribution < 1.29 is 9.53 Å². The highest BCUT2D eigenvalue weighted by molar-refractivity contribution is 7.80. The number of rotatable bonds is 5. The Hall–Kier alpha value is -1.14. The molecule has 0 aliphatic rings. The van der Waals surface area contributed by atoms with Gasteiger partial charge in [0.15, 0.2) is 5.11 Å². The van der Waals surface area contributed by atoms with Gasteiger partial charge in [0.1, 0.15) is 5.00 Å². The van der Waals surface area contributed by atoms with Gasteiger partial charge in [0.05, 0.1) is 12.7 Å². The van der Waals surface area contributed by atoms with Gasteiger partial charge >= 0.3 is 5.97 Å². The Morgan fingerprint density at radius 1 is 1.58 bits per heavy atom. The van der Waals surface area contributed by atoms with Gasteiger partial charge in [-0.3, -0.25) is 0 Å². The van der Waals surface area contributed by atoms with Crippen molar-refractivity contribution in [2.45, 2.75) is 39.7 Å². The zero-order chi connectivity index (χ0) is 14.4. The molecule has 19 heavy (non-hydrogen) atoms. The molecule has 0 aliphatic carbocycles. The van der Waals surface area contributed by atoms with Crippen molar-refractivity contribution in [3.8, 4) is 0 Å². The smallest absolute Gasteiger partial charge is 0.340 e. The summed E-state index contributed by atoms with van der Waals surface area (Å²) in [6.45, 7) is 6.16. The number of carbonyl (C=O) groups is 1. The van der Waals surface area contributed by atoms with E-state index in [2.05, 4.69) is 24.5 Å². The molecule has 1 aromatic heterocycles. The molecule has 1 rings (SSSR count). The number of thiophene rings is 1. The lowest BCUT2D eigenvalue weighted by molar-refractivity contribution is 0.0602. The van der Waals surface area contributed by atoms with Crippen molar-refractivity contribution in [1.29, 1.82) is 0 Å². The summed E-state index contributed by atoms with van der Waals surface area (Å²) in [6, 6.07) is 2.12. The quantitative estimate of drug-likeness (QED) is 0.645. The number of nitrogens with one attached hydrogen (secondary N) is 2. The molecule has 0 fully saturated rings. The standard InChI is InChI=1S/C13H20N2O2S2/c1-5-6-8(2)14-13(18)15-11-10(12(16)17-4)7-9(3)19-11/h7-8H,5-6H2,1-4H3,(H2,14,15,18). The molecular weight excluding hydrogens is 280 g/mol. The molecule has 6 heteroatoms. The Kier molecular flexibility index (Phi) is 6.24. The summed E-state index contributed by atoms with van der Waals surface area (Å²) >= 11 is 6.74. The van der Waals surface area contributed by atoms with Crippen LogP contribution in [0.25, 0.3) is 0 Å². The van der Waals surface area contributed by atoms with Crippen LogP contribution in [0.15, 0.2) is 6.07 Å². The van der Waals surface area contributed by atoms with Crippen LogP contribution in [0.3, 0.4) is 0 Å². The first kappa shape index (κ1) is 15.9. The van der Waals surface area contributed by atoms with Gasteiger partial charge in [0.2, 0.25) is 0 Å². The van der Waals surface area contributed by atoms with E-state index in [1.807, 2.05) is 6.92 Å². The highest BCUT2D eigenvalue weighted by atomic mass is 32.1. The fourth-order valence-electron chi connectivity index (χ4n) is 1.74. The number of hydrogen-bond donors (Lipinski definition) is 2. The van der Waals surface area contributed by atoms with Crippen LogP contribution in [-0.2, 0) is 4.74 Å². The van der Waals surface area contributed by atoms with Crippen molar-refractivity contribution >= 4 is 39.6 Å². The molecule has 1 unspecified atom stereocenters. The van der Waals surface area contributed by atoms with Crippen LogP contribution in [0.2, 0.25) is 0 Å². The lowest BCUT2D eigenvalue weighted by atomic mass is 10.2. The Labute approximate surface area is 123 Å². The second kappa shape index (κ2) is 7.45. The molecule has 4 nitrogen and oxygen atoms in total. The SMILES string of the molecule is CCCC(C)NC(=S)Nc1sc(C)cc1C(=O)OC. The highest BCUT2D eigenvalue weighted by Crippen LogP contribution is 2.28. The third-order valence-corrected chi connectivity index (χ3v) is 3.77. The highest BCUT2D eigenvalue weighted by Gasteiger charge is 2.16. The molecule has 106 valence electrons. The summed E-state index contributed by atoms with van der Waals surface area (Å²) in [5, 5.41) is 7.53. The first-order valence-electron chi connectivity index (χ1n) is 6.24. The van der Waals surface area contributed by atoms with Crippen LogP contribution in [0.4, 0.5) is 5.00 Å². The molecule has 0 amide bonds. The van der Waals surface area contributed by atoms with E-state index in [0.717, 1.165) is 22.7 Å². The molecule has 1 aromatic rings. The average molecular weight is 300 g/mol. The monoisotopic (exact) mass is 300 g/mol. The van der Waals surface area contributed by atoms with Crippen LogP contribution in [0, 0.1) is 6.92 Å². The molecule has 0 radical (unpaired) electrons. The number of thiocarbonyl (C=S) groups is 1. The first-order chi connectivity index (χ1) is 8.97. The number of aryl methyl sites for hydroxylation is 1. The zero-order valence-electron chi connectivity index (χ0n) is 11.7. The predicted molar refractivity (Wildman–Crippen MR) is 84.1 cm³/mol. The van der Waals surface area contributed by atoms with E-state index >= 15 is 0 Å². The summed E-state index contributed by atoms with van der Waals surface area (Å²) < 4.78 is 4.76. The lowest BCUT2D eigenvalue weighted by Gasteiger charge is -2.16. The van der Waals surface area contributed by atoms with Crippen LogP contribution in [0.5, 0.6) is 0 Å². The molecule has 0 aliphatic heterocycles. The van der Waals surface area contributed by atoms with E-state index in [9.17, 15) is 4.79 Å². The van der Waals surface area contributed by atoms with Gasteiger partial charge in [-0.2, -0.15) is 0 Å². The van der Waals surface area contributed by atoms with Crippen molar-refractivity contribution in [1.82, 2.24) is 5.32 Å². The van der Waals surface area contributed by atoms with Gasteiger partial charge in [0, 0.05) is 10.9 Å². The topological polar surface area (TPSA) is 50.4 Å². The molecule has 0 saturated heterocycles. The molecule has 0 saturated carbocycles. The number of ether oxygens (including phenoxy) is 1. The largest absolute Gasteiger partial charge is 0.465 e. The van der Waals surface area contributed by atoms with E-state index in [1.54, 1.807) is 6.07 Å². The Bertz CT molecular complexity index is 457. The van der Waals surface area contributed by atoms with Gasteiger partial charge < -0.3 is 15.4 Å². The maximum Gasteiger partial charge on any atom is 0.340 e. The lowest BCUT2D eigenvalue weighted by Crippen LogP contribution is -2.35. The van der Waals surface area contributed by atoms with E-state index in [0.29, 0.717) is 16.7 Å². The van der Waals surface area contributed by atoms with Crippen LogP contribution >= 0.6 is 23.6 Å². The van der Waals surface area contributed by atoms with E-state index in [1.165, 1.54) is 18.4 Å². The minimum atomic E-state index is -0.351. The van der Waals surface area contributed by atoms with Crippen molar-refractivity contribution in [3.63, 3.8) is 0 Å². The van der Waals surface area contributed by atoms with E-state index < -0.39 is 0 Å². The van der Waals surface area contributed by atoms with Crippen molar-refractivity contribution in [2.24, 2.45) is 0 Å². The average Bonchev–Trinajstić information content (AvgIpc) is 2.69. The fourth-order valence-corrected chi connectivity index (χ4v) is 3.01.